The summed E-state index contributed by atoms with van der Waals surface area (Å²) in [6.07, 6.45) is 0. The van der Waals surface area contributed by atoms with E-state index in [0.29, 0.717) is 18.5 Å². The predicted octanol–water partition coefficient (Wildman–Crippen LogP) is 3.93. The van der Waals surface area contributed by atoms with Crippen LogP contribution in [0.1, 0.15) is 25.1 Å². The third-order valence-corrected chi connectivity index (χ3v) is 5.75. The highest BCUT2D eigenvalue weighted by molar-refractivity contribution is 5.87. The van der Waals surface area contributed by atoms with Crippen molar-refractivity contribution in [2.24, 2.45) is 0 Å². The summed E-state index contributed by atoms with van der Waals surface area (Å²) in [4.78, 5) is 20.7. The molecule has 3 aromatic rings. The second kappa shape index (κ2) is 7.40. The van der Waals surface area contributed by atoms with E-state index >= 15 is 0 Å². The van der Waals surface area contributed by atoms with Gasteiger partial charge in [0.05, 0.1) is 5.41 Å². The van der Waals surface area contributed by atoms with Gasteiger partial charge in [0, 0.05) is 49.3 Å². The van der Waals surface area contributed by atoms with Crippen LogP contribution in [0.2, 0.25) is 0 Å². The summed E-state index contributed by atoms with van der Waals surface area (Å²) in [5.41, 5.74) is 2.35. The van der Waals surface area contributed by atoms with Crippen LogP contribution in [0.3, 0.4) is 0 Å². The molecule has 1 N–H and O–H groups in total. The largest absolute Gasteiger partial charge is 0.357 e. The number of rotatable bonds is 4. The Morgan fingerprint density at radius 3 is 2.43 bits per heavy atom. The first-order valence-electron chi connectivity index (χ1n) is 9.78. The molecule has 0 atom stereocenters. The number of halogens is 1. The van der Waals surface area contributed by atoms with Gasteiger partial charge in [0.1, 0.15) is 5.82 Å². The second-order valence-corrected chi connectivity index (χ2v) is 8.06. The fourth-order valence-corrected chi connectivity index (χ4v) is 3.98. The van der Waals surface area contributed by atoms with Crippen LogP contribution < -0.4 is 0 Å². The van der Waals surface area contributed by atoms with E-state index in [0.717, 1.165) is 36.4 Å². The Kier molecular flexibility index (Phi) is 4.94. The topological polar surface area (TPSA) is 39.3 Å². The smallest absolute Gasteiger partial charge is 0.232 e. The lowest BCUT2D eigenvalue weighted by molar-refractivity contribution is -0.138. The molecule has 1 amide bonds. The quantitative estimate of drug-likeness (QED) is 0.746. The molecular formula is C23H26FN3O. The maximum absolute atomic E-state index is 13.9. The third-order valence-electron chi connectivity index (χ3n) is 5.75. The monoisotopic (exact) mass is 379 g/mol. The highest BCUT2D eigenvalue weighted by Gasteiger charge is 2.35. The van der Waals surface area contributed by atoms with E-state index < -0.39 is 5.41 Å². The Labute approximate surface area is 165 Å². The molecule has 1 saturated heterocycles. The molecule has 28 heavy (non-hydrogen) atoms. The van der Waals surface area contributed by atoms with E-state index in [1.807, 2.05) is 61.2 Å². The van der Waals surface area contributed by atoms with Crippen LogP contribution in [0, 0.1) is 5.82 Å². The van der Waals surface area contributed by atoms with E-state index in [4.69, 9.17) is 0 Å². The van der Waals surface area contributed by atoms with Crippen LogP contribution in [-0.4, -0.2) is 46.9 Å². The van der Waals surface area contributed by atoms with Gasteiger partial charge >= 0.3 is 0 Å². The molecule has 2 heterocycles. The van der Waals surface area contributed by atoms with Gasteiger partial charge < -0.3 is 9.88 Å². The third kappa shape index (κ3) is 3.54. The van der Waals surface area contributed by atoms with Crippen molar-refractivity contribution in [1.82, 2.24) is 14.8 Å². The van der Waals surface area contributed by atoms with E-state index in [-0.39, 0.29) is 11.7 Å². The number of piperazine rings is 1. The SMILES string of the molecule is CC(C)(C(=O)N1CCN(Cc2cc3c(F)cccc3[nH]2)CC1)c1ccccc1. The van der Waals surface area contributed by atoms with Crippen molar-refractivity contribution in [3.63, 3.8) is 0 Å². The molecule has 4 nitrogen and oxygen atoms in total. The summed E-state index contributed by atoms with van der Waals surface area (Å²) in [5, 5.41) is 0.635. The fourth-order valence-electron chi connectivity index (χ4n) is 3.98. The van der Waals surface area contributed by atoms with Gasteiger partial charge in [-0.1, -0.05) is 36.4 Å². The molecule has 1 aromatic heterocycles. The van der Waals surface area contributed by atoms with Gasteiger partial charge in [0.2, 0.25) is 5.91 Å². The molecule has 0 spiro atoms. The Morgan fingerprint density at radius 1 is 1.04 bits per heavy atom. The molecule has 146 valence electrons. The predicted molar refractivity (Wildman–Crippen MR) is 110 cm³/mol. The number of aromatic amines is 1. The van der Waals surface area contributed by atoms with Crippen LogP contribution in [0.25, 0.3) is 10.9 Å². The number of carbonyl (C=O) groups is 1. The molecule has 1 aliphatic heterocycles. The van der Waals surface area contributed by atoms with Gasteiger partial charge in [-0.05, 0) is 37.6 Å². The zero-order valence-electron chi connectivity index (χ0n) is 16.4. The number of hydrogen-bond acceptors (Lipinski definition) is 2. The summed E-state index contributed by atoms with van der Waals surface area (Å²) >= 11 is 0. The number of aromatic nitrogens is 1. The minimum atomic E-state index is -0.530. The summed E-state index contributed by atoms with van der Waals surface area (Å²) in [6, 6.07) is 16.9. The lowest BCUT2D eigenvalue weighted by Crippen LogP contribution is -2.52. The molecule has 1 fully saturated rings. The van der Waals surface area contributed by atoms with Crippen molar-refractivity contribution in [2.45, 2.75) is 25.8 Å². The van der Waals surface area contributed by atoms with Crippen molar-refractivity contribution in [3.8, 4) is 0 Å². The van der Waals surface area contributed by atoms with Crippen molar-refractivity contribution < 1.29 is 9.18 Å². The van der Waals surface area contributed by atoms with Crippen LogP contribution in [0.5, 0.6) is 0 Å². The summed E-state index contributed by atoms with van der Waals surface area (Å²) in [5.74, 6) is -0.0235. The highest BCUT2D eigenvalue weighted by atomic mass is 19.1. The number of fused-ring (bicyclic) bond motifs is 1. The van der Waals surface area contributed by atoms with Gasteiger partial charge in [0.15, 0.2) is 0 Å². The number of hydrogen-bond donors (Lipinski definition) is 1. The average Bonchev–Trinajstić information content (AvgIpc) is 3.12. The van der Waals surface area contributed by atoms with E-state index in [2.05, 4.69) is 9.88 Å². The minimum absolute atomic E-state index is 0.172. The molecular weight excluding hydrogens is 353 g/mol. The van der Waals surface area contributed by atoms with Gasteiger partial charge in [-0.25, -0.2) is 4.39 Å². The number of carbonyl (C=O) groups excluding carboxylic acids is 1. The number of benzene rings is 2. The molecule has 4 rings (SSSR count). The van der Waals surface area contributed by atoms with Crippen LogP contribution in [0.4, 0.5) is 4.39 Å². The Morgan fingerprint density at radius 2 is 1.75 bits per heavy atom. The minimum Gasteiger partial charge on any atom is -0.357 e. The van der Waals surface area contributed by atoms with E-state index in [1.165, 1.54) is 6.07 Å². The van der Waals surface area contributed by atoms with Crippen LogP contribution in [0.15, 0.2) is 54.6 Å². The van der Waals surface area contributed by atoms with Crippen molar-refractivity contribution in [3.05, 3.63) is 71.7 Å². The molecule has 0 radical (unpaired) electrons. The first-order chi connectivity index (χ1) is 13.4. The maximum Gasteiger partial charge on any atom is 0.232 e. The normalized spacial score (nSPS) is 15.9. The first-order valence-corrected chi connectivity index (χ1v) is 9.78. The average molecular weight is 379 g/mol. The zero-order chi connectivity index (χ0) is 19.7. The van der Waals surface area contributed by atoms with Gasteiger partial charge in [-0.3, -0.25) is 9.69 Å². The van der Waals surface area contributed by atoms with E-state index in [9.17, 15) is 9.18 Å². The standard InChI is InChI=1S/C23H26FN3O/c1-23(2,17-7-4-3-5-8-17)22(28)27-13-11-26(12-14-27)16-18-15-19-20(24)9-6-10-21(19)25-18/h3-10,15,25H,11-14,16H2,1-2H3. The molecule has 0 saturated carbocycles. The molecule has 1 aliphatic rings. The number of nitrogens with one attached hydrogen (secondary N) is 1. The lowest BCUT2D eigenvalue weighted by Gasteiger charge is -2.38. The summed E-state index contributed by atoms with van der Waals surface area (Å²) in [6.45, 7) is 7.78. The van der Waals surface area contributed by atoms with Crippen LogP contribution >= 0.6 is 0 Å². The van der Waals surface area contributed by atoms with E-state index in [1.54, 1.807) is 6.07 Å². The number of amides is 1. The second-order valence-electron chi connectivity index (χ2n) is 8.06. The summed E-state index contributed by atoms with van der Waals surface area (Å²) in [7, 11) is 0. The summed E-state index contributed by atoms with van der Waals surface area (Å²) < 4.78 is 13.9. The molecule has 0 unspecified atom stereocenters. The number of H-pyrrole nitrogens is 1. The number of nitrogens with zero attached hydrogens (tertiary/aromatic N) is 2. The molecule has 0 aliphatic carbocycles. The van der Waals surface area contributed by atoms with Gasteiger partial charge in [0.25, 0.3) is 0 Å². The zero-order valence-corrected chi connectivity index (χ0v) is 16.4. The van der Waals surface area contributed by atoms with Crippen molar-refractivity contribution in [2.75, 3.05) is 26.2 Å². The fraction of sp³-hybridized carbons (Fsp3) is 0.348. The lowest BCUT2D eigenvalue weighted by atomic mass is 9.83. The van der Waals surface area contributed by atoms with Crippen LogP contribution in [-0.2, 0) is 16.8 Å². The maximum atomic E-state index is 13.9. The first kappa shape index (κ1) is 18.7. The molecule has 0 bridgehead atoms. The van der Waals surface area contributed by atoms with Crippen molar-refractivity contribution >= 4 is 16.8 Å². The molecule has 2 aromatic carbocycles. The van der Waals surface area contributed by atoms with Gasteiger partial charge in [-0.15, -0.1) is 0 Å². The Balaban J connectivity index is 1.39. The highest BCUT2D eigenvalue weighted by Crippen LogP contribution is 2.26. The van der Waals surface area contributed by atoms with Crippen molar-refractivity contribution in [1.29, 1.82) is 0 Å². The Hall–Kier alpha value is -2.66. The Bertz CT molecular complexity index is 972. The molecule has 5 heteroatoms. The van der Waals surface area contributed by atoms with Gasteiger partial charge in [-0.2, -0.15) is 0 Å².